The number of carbonyl (C=O) groups is 1. The molecule has 130 valence electrons. The fourth-order valence-electron chi connectivity index (χ4n) is 1.98. The molecule has 0 aliphatic rings. The fourth-order valence-corrected chi connectivity index (χ4v) is 2.82. The molecule has 0 saturated heterocycles. The maximum absolute atomic E-state index is 12.1. The van der Waals surface area contributed by atoms with E-state index in [4.69, 9.17) is 11.6 Å². The standard InChI is InChI=1S/C15H11ClF2N4O2S/c16-12-5-10-11(6-19-12)22-15(21-10)25-7-13(23)20-8-1-3-9(4-2-8)24-14(17)18/h1-6,14H,7H2,(H,20,23)(H,21,22). The van der Waals surface area contributed by atoms with Crippen LogP contribution in [0.1, 0.15) is 0 Å². The van der Waals surface area contributed by atoms with Crippen LogP contribution in [0.15, 0.2) is 41.7 Å². The van der Waals surface area contributed by atoms with Crippen LogP contribution >= 0.6 is 23.4 Å². The van der Waals surface area contributed by atoms with Crippen LogP contribution in [0.4, 0.5) is 14.5 Å². The van der Waals surface area contributed by atoms with E-state index in [-0.39, 0.29) is 17.4 Å². The van der Waals surface area contributed by atoms with Gasteiger partial charge in [0.1, 0.15) is 10.9 Å². The number of anilines is 1. The van der Waals surface area contributed by atoms with Gasteiger partial charge in [0.2, 0.25) is 5.91 Å². The maximum atomic E-state index is 12.1. The van der Waals surface area contributed by atoms with E-state index in [9.17, 15) is 13.6 Å². The molecule has 3 rings (SSSR count). The molecule has 0 fully saturated rings. The average Bonchev–Trinajstić information content (AvgIpc) is 2.96. The number of aromatic amines is 1. The number of aromatic nitrogens is 3. The lowest BCUT2D eigenvalue weighted by Gasteiger charge is -2.07. The summed E-state index contributed by atoms with van der Waals surface area (Å²) in [7, 11) is 0. The number of imidazole rings is 1. The van der Waals surface area contributed by atoms with E-state index in [0.717, 1.165) is 5.52 Å². The Kier molecular flexibility index (Phi) is 5.34. The number of nitrogens with one attached hydrogen (secondary N) is 2. The lowest BCUT2D eigenvalue weighted by Crippen LogP contribution is -2.14. The highest BCUT2D eigenvalue weighted by Crippen LogP contribution is 2.21. The molecular weight excluding hydrogens is 374 g/mol. The number of ether oxygens (including phenoxy) is 1. The number of carbonyl (C=O) groups excluding carboxylic acids is 1. The van der Waals surface area contributed by atoms with Crippen molar-refractivity contribution >= 4 is 46.0 Å². The quantitative estimate of drug-likeness (QED) is 0.497. The van der Waals surface area contributed by atoms with Crippen LogP contribution < -0.4 is 10.1 Å². The molecule has 3 aromatic rings. The highest BCUT2D eigenvalue weighted by molar-refractivity contribution is 7.99. The maximum Gasteiger partial charge on any atom is 0.387 e. The van der Waals surface area contributed by atoms with Gasteiger partial charge < -0.3 is 15.0 Å². The zero-order valence-corrected chi connectivity index (χ0v) is 14.1. The Balaban J connectivity index is 1.55. The molecule has 2 N–H and O–H groups in total. The third-order valence-electron chi connectivity index (χ3n) is 3.02. The zero-order chi connectivity index (χ0) is 17.8. The lowest BCUT2D eigenvalue weighted by atomic mass is 10.3. The van der Waals surface area contributed by atoms with E-state index in [1.165, 1.54) is 36.0 Å². The summed E-state index contributed by atoms with van der Waals surface area (Å²) in [5, 5.41) is 3.56. The Morgan fingerprint density at radius 3 is 2.84 bits per heavy atom. The second-order valence-electron chi connectivity index (χ2n) is 4.81. The Bertz CT molecular complexity index is 889. The van der Waals surface area contributed by atoms with Gasteiger partial charge in [-0.1, -0.05) is 23.4 Å². The molecule has 0 radical (unpaired) electrons. The smallest absolute Gasteiger partial charge is 0.387 e. The second-order valence-corrected chi connectivity index (χ2v) is 6.16. The topological polar surface area (TPSA) is 79.9 Å². The van der Waals surface area contributed by atoms with Crippen LogP contribution in [0.2, 0.25) is 5.15 Å². The minimum Gasteiger partial charge on any atom is -0.435 e. The van der Waals surface area contributed by atoms with E-state index in [2.05, 4.69) is 25.0 Å². The van der Waals surface area contributed by atoms with Crippen LogP contribution in [-0.2, 0) is 4.79 Å². The van der Waals surface area contributed by atoms with E-state index >= 15 is 0 Å². The number of fused-ring (bicyclic) bond motifs is 1. The minimum absolute atomic E-state index is 0.0249. The highest BCUT2D eigenvalue weighted by atomic mass is 35.5. The van der Waals surface area contributed by atoms with Gasteiger partial charge in [-0.25, -0.2) is 9.97 Å². The predicted molar refractivity (Wildman–Crippen MR) is 91.3 cm³/mol. The molecule has 10 heteroatoms. The number of halogens is 3. The van der Waals surface area contributed by atoms with Crippen LogP contribution in [0, 0.1) is 0 Å². The first-order valence-corrected chi connectivity index (χ1v) is 8.35. The first-order chi connectivity index (χ1) is 12.0. The number of thioether (sulfide) groups is 1. The summed E-state index contributed by atoms with van der Waals surface area (Å²) in [5.41, 5.74) is 1.87. The third-order valence-corrected chi connectivity index (χ3v) is 4.10. The molecule has 6 nitrogen and oxygen atoms in total. The lowest BCUT2D eigenvalue weighted by molar-refractivity contribution is -0.113. The Morgan fingerprint density at radius 2 is 2.12 bits per heavy atom. The molecule has 2 aromatic heterocycles. The second kappa shape index (κ2) is 7.66. The normalized spacial score (nSPS) is 11.0. The summed E-state index contributed by atoms with van der Waals surface area (Å²) in [5.74, 6) is -0.114. The number of hydrogen-bond acceptors (Lipinski definition) is 5. The van der Waals surface area contributed by atoms with Crippen molar-refractivity contribution in [1.29, 1.82) is 0 Å². The SMILES string of the molecule is O=C(CSc1nc2cc(Cl)ncc2[nH]1)Nc1ccc(OC(F)F)cc1. The molecule has 0 spiro atoms. The number of benzene rings is 1. The van der Waals surface area contributed by atoms with Crippen molar-refractivity contribution in [3.8, 4) is 5.75 Å². The third kappa shape index (κ3) is 4.80. The largest absolute Gasteiger partial charge is 0.435 e. The number of rotatable bonds is 6. The van der Waals surface area contributed by atoms with Gasteiger partial charge >= 0.3 is 6.61 Å². The Morgan fingerprint density at radius 1 is 1.36 bits per heavy atom. The number of amides is 1. The van der Waals surface area contributed by atoms with Gasteiger partial charge in [0.05, 0.1) is 23.0 Å². The van der Waals surface area contributed by atoms with Crippen LogP contribution in [0.25, 0.3) is 11.0 Å². The van der Waals surface area contributed by atoms with E-state index < -0.39 is 6.61 Å². The van der Waals surface area contributed by atoms with Gasteiger partial charge in [-0.3, -0.25) is 4.79 Å². The monoisotopic (exact) mass is 384 g/mol. The molecule has 0 aliphatic carbocycles. The summed E-state index contributed by atoms with van der Waals surface area (Å²) >= 11 is 7.02. The van der Waals surface area contributed by atoms with Crippen molar-refractivity contribution in [2.45, 2.75) is 11.8 Å². The Hall–Kier alpha value is -2.39. The number of hydrogen-bond donors (Lipinski definition) is 2. The van der Waals surface area contributed by atoms with Crippen molar-refractivity contribution in [2.75, 3.05) is 11.1 Å². The molecule has 1 amide bonds. The van der Waals surface area contributed by atoms with Crippen LogP contribution in [0.5, 0.6) is 5.75 Å². The van der Waals surface area contributed by atoms with Gasteiger partial charge in [-0.05, 0) is 24.3 Å². The van der Waals surface area contributed by atoms with Gasteiger partial charge in [0.15, 0.2) is 5.16 Å². The molecule has 0 atom stereocenters. The molecule has 25 heavy (non-hydrogen) atoms. The number of pyridine rings is 1. The predicted octanol–water partition coefficient (Wildman–Crippen LogP) is 3.94. The van der Waals surface area contributed by atoms with E-state index in [0.29, 0.717) is 21.5 Å². The van der Waals surface area contributed by atoms with Crippen molar-refractivity contribution in [2.24, 2.45) is 0 Å². The molecule has 0 unspecified atom stereocenters. The van der Waals surface area contributed by atoms with Crippen molar-refractivity contribution in [3.63, 3.8) is 0 Å². The Labute approximate surface area is 149 Å². The van der Waals surface area contributed by atoms with E-state index in [1.54, 1.807) is 12.3 Å². The summed E-state index contributed by atoms with van der Waals surface area (Å²) in [6.07, 6.45) is 1.57. The first kappa shape index (κ1) is 17.4. The first-order valence-electron chi connectivity index (χ1n) is 6.98. The number of nitrogens with zero attached hydrogens (tertiary/aromatic N) is 2. The van der Waals surface area contributed by atoms with Crippen molar-refractivity contribution < 1.29 is 18.3 Å². The van der Waals surface area contributed by atoms with Gasteiger partial charge in [0, 0.05) is 11.8 Å². The van der Waals surface area contributed by atoms with Crippen LogP contribution in [-0.4, -0.2) is 33.2 Å². The van der Waals surface area contributed by atoms with Crippen molar-refractivity contribution in [1.82, 2.24) is 15.0 Å². The molecule has 0 bridgehead atoms. The fraction of sp³-hybridized carbons (Fsp3) is 0.133. The van der Waals surface area contributed by atoms with E-state index in [1.807, 2.05) is 0 Å². The summed E-state index contributed by atoms with van der Waals surface area (Å²) in [6, 6.07) is 7.29. The average molecular weight is 385 g/mol. The van der Waals surface area contributed by atoms with Gasteiger partial charge in [-0.2, -0.15) is 8.78 Å². The molecule has 2 heterocycles. The summed E-state index contributed by atoms with van der Waals surface area (Å²) in [4.78, 5) is 23.2. The summed E-state index contributed by atoms with van der Waals surface area (Å²) in [6.45, 7) is -2.88. The number of H-pyrrole nitrogens is 1. The minimum atomic E-state index is -2.88. The molecular formula is C15H11ClF2N4O2S. The molecule has 1 aromatic carbocycles. The molecule has 0 saturated carbocycles. The summed E-state index contributed by atoms with van der Waals surface area (Å²) < 4.78 is 28.4. The van der Waals surface area contributed by atoms with Gasteiger partial charge in [-0.15, -0.1) is 0 Å². The van der Waals surface area contributed by atoms with Crippen molar-refractivity contribution in [3.05, 3.63) is 41.7 Å². The molecule has 0 aliphatic heterocycles. The van der Waals surface area contributed by atoms with Crippen LogP contribution in [0.3, 0.4) is 0 Å². The highest BCUT2D eigenvalue weighted by Gasteiger charge is 2.09. The zero-order valence-electron chi connectivity index (χ0n) is 12.5. The number of alkyl halides is 2. The van der Waals surface area contributed by atoms with Gasteiger partial charge in [0.25, 0.3) is 0 Å².